The maximum Gasteiger partial charge on any atom is 0.228 e. The molecule has 1 N–H and O–H groups in total. The van der Waals surface area contributed by atoms with Gasteiger partial charge in [-0.05, 0) is 12.1 Å². The van der Waals surface area contributed by atoms with Gasteiger partial charge in [-0.2, -0.15) is 0 Å². The maximum atomic E-state index is 11.7. The molecule has 0 aromatic heterocycles. The Labute approximate surface area is 93.2 Å². The van der Waals surface area contributed by atoms with E-state index in [-0.39, 0.29) is 11.8 Å². The monoisotopic (exact) mass is 223 g/mol. The minimum atomic E-state index is 0.0344. The summed E-state index contributed by atoms with van der Waals surface area (Å²) in [7, 11) is 1.61. The van der Waals surface area contributed by atoms with Crippen LogP contribution in [0, 0.1) is 5.92 Å². The van der Waals surface area contributed by atoms with Gasteiger partial charge in [0, 0.05) is 16.6 Å². The number of ether oxygens (including phenoxy) is 1. The van der Waals surface area contributed by atoms with Gasteiger partial charge in [-0.3, -0.25) is 4.79 Å². The van der Waals surface area contributed by atoms with Crippen molar-refractivity contribution in [3.05, 3.63) is 18.2 Å². The van der Waals surface area contributed by atoms with Crippen molar-refractivity contribution in [1.82, 2.24) is 0 Å². The van der Waals surface area contributed by atoms with Gasteiger partial charge in [-0.25, -0.2) is 0 Å². The normalized spacial score (nSPS) is 20.1. The molecule has 1 heterocycles. The Morgan fingerprint density at radius 2 is 2.33 bits per heavy atom. The van der Waals surface area contributed by atoms with Crippen molar-refractivity contribution in [2.24, 2.45) is 5.92 Å². The van der Waals surface area contributed by atoms with E-state index < -0.39 is 0 Å². The predicted molar refractivity (Wildman–Crippen MR) is 61.5 cm³/mol. The molecule has 1 aliphatic rings. The number of para-hydroxylation sites is 1. The van der Waals surface area contributed by atoms with Crippen LogP contribution in [0.3, 0.4) is 0 Å². The molecule has 0 saturated carbocycles. The lowest BCUT2D eigenvalue weighted by atomic mass is 10.2. The van der Waals surface area contributed by atoms with E-state index in [1.165, 1.54) is 0 Å². The van der Waals surface area contributed by atoms with Crippen LogP contribution < -0.4 is 10.1 Å². The van der Waals surface area contributed by atoms with Crippen LogP contribution in [0.1, 0.15) is 6.92 Å². The Bertz CT molecular complexity index is 392. The van der Waals surface area contributed by atoms with Crippen LogP contribution in [-0.4, -0.2) is 18.8 Å². The molecule has 4 heteroatoms. The fourth-order valence-electron chi connectivity index (χ4n) is 1.46. The number of amides is 1. The molecule has 1 atom stereocenters. The van der Waals surface area contributed by atoms with E-state index in [4.69, 9.17) is 4.74 Å². The summed E-state index contributed by atoms with van der Waals surface area (Å²) in [4.78, 5) is 12.7. The summed E-state index contributed by atoms with van der Waals surface area (Å²) >= 11 is 1.69. The first kappa shape index (κ1) is 10.4. The topological polar surface area (TPSA) is 38.3 Å². The van der Waals surface area contributed by atoms with Crippen LogP contribution in [0.2, 0.25) is 0 Å². The highest BCUT2D eigenvalue weighted by Crippen LogP contribution is 2.38. The zero-order valence-corrected chi connectivity index (χ0v) is 9.56. The van der Waals surface area contributed by atoms with Crippen LogP contribution in [0.4, 0.5) is 5.69 Å². The van der Waals surface area contributed by atoms with Gasteiger partial charge >= 0.3 is 0 Å². The second-order valence-corrected chi connectivity index (χ2v) is 4.60. The molecule has 0 fully saturated rings. The van der Waals surface area contributed by atoms with Crippen molar-refractivity contribution in [2.45, 2.75) is 11.8 Å². The van der Waals surface area contributed by atoms with Crippen LogP contribution in [0.5, 0.6) is 5.75 Å². The minimum absolute atomic E-state index is 0.0344. The standard InChI is InChI=1S/C11H13NO2S/c1-7-6-15-9-5-3-4-8(14-2)10(9)12-11(7)13/h3-5,7H,6H2,1-2H3,(H,12,13). The van der Waals surface area contributed by atoms with Crippen LogP contribution in [0.25, 0.3) is 0 Å². The summed E-state index contributed by atoms with van der Waals surface area (Å²) < 4.78 is 5.22. The molecular weight excluding hydrogens is 210 g/mol. The number of hydrogen-bond donors (Lipinski definition) is 1. The van der Waals surface area contributed by atoms with E-state index >= 15 is 0 Å². The summed E-state index contributed by atoms with van der Waals surface area (Å²) in [6.45, 7) is 1.93. The highest BCUT2D eigenvalue weighted by Gasteiger charge is 2.22. The number of rotatable bonds is 1. The largest absolute Gasteiger partial charge is 0.495 e. The van der Waals surface area contributed by atoms with E-state index in [1.807, 2.05) is 25.1 Å². The zero-order chi connectivity index (χ0) is 10.8. The third-order valence-corrected chi connectivity index (χ3v) is 3.71. The lowest BCUT2D eigenvalue weighted by Gasteiger charge is -2.11. The van der Waals surface area contributed by atoms with E-state index in [9.17, 15) is 4.79 Å². The number of benzene rings is 1. The molecule has 1 aliphatic heterocycles. The molecule has 1 aromatic carbocycles. The lowest BCUT2D eigenvalue weighted by molar-refractivity contribution is -0.118. The Hall–Kier alpha value is -1.16. The quantitative estimate of drug-likeness (QED) is 0.794. The molecule has 0 radical (unpaired) electrons. The van der Waals surface area contributed by atoms with Gasteiger partial charge in [0.15, 0.2) is 0 Å². The number of nitrogens with one attached hydrogen (secondary N) is 1. The molecule has 1 unspecified atom stereocenters. The highest BCUT2D eigenvalue weighted by molar-refractivity contribution is 7.99. The Morgan fingerprint density at radius 1 is 1.53 bits per heavy atom. The Kier molecular flexibility index (Phi) is 2.86. The molecule has 15 heavy (non-hydrogen) atoms. The van der Waals surface area contributed by atoms with Gasteiger partial charge in [0.25, 0.3) is 0 Å². The molecule has 1 amide bonds. The molecular formula is C11H13NO2S. The number of methoxy groups -OCH3 is 1. The first-order valence-corrected chi connectivity index (χ1v) is 5.81. The zero-order valence-electron chi connectivity index (χ0n) is 8.74. The van der Waals surface area contributed by atoms with Gasteiger partial charge in [0.05, 0.1) is 12.8 Å². The molecule has 0 saturated heterocycles. The number of hydrogen-bond acceptors (Lipinski definition) is 3. The summed E-state index contributed by atoms with van der Waals surface area (Å²) in [6.07, 6.45) is 0. The Balaban J connectivity index is 2.43. The van der Waals surface area contributed by atoms with Crippen LogP contribution in [-0.2, 0) is 4.79 Å². The van der Waals surface area contributed by atoms with Crippen molar-refractivity contribution in [3.63, 3.8) is 0 Å². The number of fused-ring (bicyclic) bond motifs is 1. The van der Waals surface area contributed by atoms with Crippen LogP contribution >= 0.6 is 11.8 Å². The van der Waals surface area contributed by atoms with Crippen molar-refractivity contribution >= 4 is 23.4 Å². The van der Waals surface area contributed by atoms with E-state index in [2.05, 4.69) is 5.32 Å². The molecule has 0 bridgehead atoms. The summed E-state index contributed by atoms with van der Waals surface area (Å²) in [6, 6.07) is 5.79. The second-order valence-electron chi connectivity index (χ2n) is 3.53. The molecule has 3 nitrogen and oxygen atoms in total. The first-order chi connectivity index (χ1) is 7.22. The van der Waals surface area contributed by atoms with Crippen molar-refractivity contribution in [3.8, 4) is 5.75 Å². The lowest BCUT2D eigenvalue weighted by Crippen LogP contribution is -2.20. The van der Waals surface area contributed by atoms with Gasteiger partial charge in [-0.15, -0.1) is 11.8 Å². The number of carbonyl (C=O) groups is 1. The average Bonchev–Trinajstić information content (AvgIpc) is 2.39. The van der Waals surface area contributed by atoms with Gasteiger partial charge in [0.1, 0.15) is 5.75 Å². The van der Waals surface area contributed by atoms with Crippen molar-refractivity contribution < 1.29 is 9.53 Å². The van der Waals surface area contributed by atoms with Gasteiger partial charge in [0.2, 0.25) is 5.91 Å². The van der Waals surface area contributed by atoms with E-state index in [0.717, 1.165) is 22.1 Å². The molecule has 80 valence electrons. The third kappa shape index (κ3) is 1.95. The van der Waals surface area contributed by atoms with Crippen molar-refractivity contribution in [2.75, 3.05) is 18.2 Å². The number of thioether (sulfide) groups is 1. The minimum Gasteiger partial charge on any atom is -0.495 e. The molecule has 0 spiro atoms. The smallest absolute Gasteiger partial charge is 0.228 e. The second kappa shape index (κ2) is 4.14. The maximum absolute atomic E-state index is 11.7. The molecule has 2 rings (SSSR count). The third-order valence-electron chi connectivity index (χ3n) is 2.39. The first-order valence-electron chi connectivity index (χ1n) is 4.83. The van der Waals surface area contributed by atoms with Gasteiger partial charge in [-0.1, -0.05) is 13.0 Å². The predicted octanol–water partition coefficient (Wildman–Crippen LogP) is 2.38. The van der Waals surface area contributed by atoms with Crippen LogP contribution in [0.15, 0.2) is 23.1 Å². The average molecular weight is 223 g/mol. The summed E-state index contributed by atoms with van der Waals surface area (Å²) in [5.41, 5.74) is 0.805. The molecule has 0 aliphatic carbocycles. The number of anilines is 1. The van der Waals surface area contributed by atoms with E-state index in [1.54, 1.807) is 18.9 Å². The highest BCUT2D eigenvalue weighted by atomic mass is 32.2. The van der Waals surface area contributed by atoms with E-state index in [0.29, 0.717) is 0 Å². The summed E-state index contributed by atoms with van der Waals surface area (Å²) in [5, 5.41) is 2.91. The fourth-order valence-corrected chi connectivity index (χ4v) is 2.51. The van der Waals surface area contributed by atoms with Gasteiger partial charge < -0.3 is 10.1 Å². The Morgan fingerprint density at radius 3 is 3.07 bits per heavy atom. The molecule has 1 aromatic rings. The fraction of sp³-hybridized carbons (Fsp3) is 0.364. The SMILES string of the molecule is COc1cccc2c1NC(=O)C(C)CS2. The van der Waals surface area contributed by atoms with Crippen molar-refractivity contribution in [1.29, 1.82) is 0 Å². The number of carbonyl (C=O) groups excluding carboxylic acids is 1. The summed E-state index contributed by atoms with van der Waals surface area (Å²) in [5.74, 6) is 1.63.